The third-order valence-electron chi connectivity index (χ3n) is 2.67. The minimum Gasteiger partial charge on any atom is -0.466 e. The van der Waals surface area contributed by atoms with Crippen LogP contribution < -0.4 is 0 Å². The molecule has 0 aromatic carbocycles. The van der Waals surface area contributed by atoms with Crippen molar-refractivity contribution in [3.63, 3.8) is 0 Å². The minimum absolute atomic E-state index is 0.187. The fourth-order valence-electron chi connectivity index (χ4n) is 1.07. The zero-order chi connectivity index (χ0) is 17.1. The largest absolute Gasteiger partial charge is 0.466 e. The van der Waals surface area contributed by atoms with Crippen LogP contribution in [0.3, 0.4) is 0 Å². The molecule has 0 atom stereocenters. The van der Waals surface area contributed by atoms with Crippen molar-refractivity contribution >= 4 is 11.9 Å². The second kappa shape index (κ2) is 11.1. The first-order valence-corrected chi connectivity index (χ1v) is 7.18. The molecule has 0 aliphatic heterocycles. The number of carbonyl (C=O) groups excluding carboxylic acids is 2. The van der Waals surface area contributed by atoms with Crippen LogP contribution in [-0.2, 0) is 19.1 Å². The van der Waals surface area contributed by atoms with Gasteiger partial charge in [-0.2, -0.15) is 0 Å². The highest BCUT2D eigenvalue weighted by Gasteiger charge is 2.21. The molecule has 0 unspecified atom stereocenters. The summed E-state index contributed by atoms with van der Waals surface area (Å²) in [5.41, 5.74) is 0.795. The van der Waals surface area contributed by atoms with Crippen LogP contribution in [0.4, 0.5) is 0 Å². The SMILES string of the molecule is C=C(C(=O)OC)C(C)(C)C.C=C(C)C(=O)OCCCCC. The summed E-state index contributed by atoms with van der Waals surface area (Å²) in [5, 5.41) is 0. The molecule has 0 fully saturated rings. The predicted molar refractivity (Wildman–Crippen MR) is 85.9 cm³/mol. The molecule has 0 bridgehead atoms. The Morgan fingerprint density at radius 2 is 1.57 bits per heavy atom. The van der Waals surface area contributed by atoms with Crippen molar-refractivity contribution in [3.05, 3.63) is 24.3 Å². The van der Waals surface area contributed by atoms with E-state index in [4.69, 9.17) is 4.74 Å². The van der Waals surface area contributed by atoms with Gasteiger partial charge >= 0.3 is 11.9 Å². The van der Waals surface area contributed by atoms with Crippen LogP contribution in [0.5, 0.6) is 0 Å². The van der Waals surface area contributed by atoms with E-state index in [1.165, 1.54) is 7.11 Å². The Balaban J connectivity index is 0. The second-order valence-electron chi connectivity index (χ2n) is 5.84. The van der Waals surface area contributed by atoms with E-state index < -0.39 is 0 Å². The number of hydrogen-bond acceptors (Lipinski definition) is 4. The van der Waals surface area contributed by atoms with E-state index in [2.05, 4.69) is 24.8 Å². The molecule has 0 amide bonds. The zero-order valence-electron chi connectivity index (χ0n) is 14.4. The van der Waals surface area contributed by atoms with Crippen molar-refractivity contribution < 1.29 is 19.1 Å². The number of carbonyl (C=O) groups is 2. The van der Waals surface area contributed by atoms with Crippen LogP contribution >= 0.6 is 0 Å². The highest BCUT2D eigenvalue weighted by atomic mass is 16.5. The first-order chi connectivity index (χ1) is 9.57. The fourth-order valence-corrected chi connectivity index (χ4v) is 1.07. The minimum atomic E-state index is -0.326. The predicted octanol–water partition coefficient (Wildman–Crippen LogP) is 4.06. The Kier molecular flexibility index (Phi) is 11.5. The van der Waals surface area contributed by atoms with Crippen LogP contribution in [0.25, 0.3) is 0 Å². The molecule has 0 saturated carbocycles. The molecule has 0 saturated heterocycles. The lowest BCUT2D eigenvalue weighted by molar-refractivity contribution is -0.139. The maximum absolute atomic E-state index is 10.8. The molecule has 122 valence electrons. The van der Waals surface area contributed by atoms with E-state index in [1.807, 2.05) is 20.8 Å². The van der Waals surface area contributed by atoms with Gasteiger partial charge in [0, 0.05) is 11.1 Å². The maximum Gasteiger partial charge on any atom is 0.333 e. The van der Waals surface area contributed by atoms with Crippen molar-refractivity contribution in [1.29, 1.82) is 0 Å². The third-order valence-corrected chi connectivity index (χ3v) is 2.67. The van der Waals surface area contributed by atoms with Gasteiger partial charge in [-0.15, -0.1) is 0 Å². The van der Waals surface area contributed by atoms with Gasteiger partial charge in [0.25, 0.3) is 0 Å². The summed E-state index contributed by atoms with van der Waals surface area (Å²) >= 11 is 0. The molecule has 0 rings (SSSR count). The van der Waals surface area contributed by atoms with E-state index in [0.29, 0.717) is 17.8 Å². The Morgan fingerprint density at radius 3 is 1.86 bits per heavy atom. The monoisotopic (exact) mass is 298 g/mol. The van der Waals surface area contributed by atoms with Crippen LogP contribution in [0, 0.1) is 5.41 Å². The van der Waals surface area contributed by atoms with Gasteiger partial charge in [0.2, 0.25) is 0 Å². The number of methoxy groups -OCH3 is 1. The normalized spacial score (nSPS) is 10.0. The Bertz CT molecular complexity index is 361. The lowest BCUT2D eigenvalue weighted by atomic mass is 9.88. The van der Waals surface area contributed by atoms with Crippen molar-refractivity contribution in [2.45, 2.75) is 53.9 Å². The summed E-state index contributed by atoms with van der Waals surface area (Å²) in [6.07, 6.45) is 3.21. The number of esters is 2. The van der Waals surface area contributed by atoms with Crippen LogP contribution in [0.2, 0.25) is 0 Å². The van der Waals surface area contributed by atoms with Gasteiger partial charge in [-0.3, -0.25) is 0 Å². The maximum atomic E-state index is 10.8. The van der Waals surface area contributed by atoms with E-state index in [1.54, 1.807) is 6.92 Å². The van der Waals surface area contributed by atoms with Gasteiger partial charge in [0.1, 0.15) is 0 Å². The molecule has 0 aromatic heterocycles. The zero-order valence-corrected chi connectivity index (χ0v) is 14.4. The van der Waals surface area contributed by atoms with Crippen molar-refractivity contribution in [3.8, 4) is 0 Å². The number of unbranched alkanes of at least 4 members (excludes halogenated alkanes) is 2. The van der Waals surface area contributed by atoms with Crippen LogP contribution in [0.15, 0.2) is 24.3 Å². The summed E-state index contributed by atoms with van der Waals surface area (Å²) in [4.78, 5) is 21.6. The molecule has 4 heteroatoms. The van der Waals surface area contributed by atoms with Gasteiger partial charge in [0.15, 0.2) is 0 Å². The van der Waals surface area contributed by atoms with Crippen molar-refractivity contribution in [2.75, 3.05) is 13.7 Å². The topological polar surface area (TPSA) is 52.6 Å². The van der Waals surface area contributed by atoms with Gasteiger partial charge in [-0.05, 0) is 18.8 Å². The lowest BCUT2D eigenvalue weighted by Gasteiger charge is -2.18. The number of rotatable bonds is 6. The van der Waals surface area contributed by atoms with Gasteiger partial charge in [0.05, 0.1) is 13.7 Å². The first-order valence-electron chi connectivity index (χ1n) is 7.18. The summed E-state index contributed by atoms with van der Waals surface area (Å²) in [5.74, 6) is -0.603. The highest BCUT2D eigenvalue weighted by Crippen LogP contribution is 2.23. The Morgan fingerprint density at radius 1 is 1.05 bits per heavy atom. The molecule has 0 aliphatic carbocycles. The molecule has 0 N–H and O–H groups in total. The molecule has 0 spiro atoms. The highest BCUT2D eigenvalue weighted by molar-refractivity contribution is 5.88. The van der Waals surface area contributed by atoms with Gasteiger partial charge < -0.3 is 9.47 Å². The van der Waals surface area contributed by atoms with E-state index >= 15 is 0 Å². The van der Waals surface area contributed by atoms with Gasteiger partial charge in [-0.1, -0.05) is 53.7 Å². The van der Waals surface area contributed by atoms with Crippen LogP contribution in [0.1, 0.15) is 53.9 Å². The lowest BCUT2D eigenvalue weighted by Crippen LogP contribution is -2.17. The summed E-state index contributed by atoms with van der Waals surface area (Å²) < 4.78 is 9.37. The average Bonchev–Trinajstić information content (AvgIpc) is 2.41. The number of ether oxygens (including phenoxy) is 2. The Labute approximate surface area is 129 Å². The second-order valence-corrected chi connectivity index (χ2v) is 5.84. The molecule has 0 radical (unpaired) electrons. The van der Waals surface area contributed by atoms with Crippen molar-refractivity contribution in [2.24, 2.45) is 5.41 Å². The summed E-state index contributed by atoms with van der Waals surface area (Å²) in [6.45, 7) is 17.2. The van der Waals surface area contributed by atoms with E-state index in [9.17, 15) is 9.59 Å². The fraction of sp³-hybridized carbons (Fsp3) is 0.647. The standard InChI is InChI=1S/C9H16O2.C8H14O2/c1-4-5-6-7-11-9(10)8(2)3;1-6(7(9)10-5)8(2,3)4/h2,4-7H2,1,3H3;1H2,2-5H3. The molecular formula is C17H30O4. The van der Waals surface area contributed by atoms with E-state index in [-0.39, 0.29) is 17.4 Å². The van der Waals surface area contributed by atoms with Crippen molar-refractivity contribution in [1.82, 2.24) is 0 Å². The third kappa shape index (κ3) is 11.9. The molecule has 0 heterocycles. The molecule has 0 aromatic rings. The molecular weight excluding hydrogens is 268 g/mol. The van der Waals surface area contributed by atoms with Crippen LogP contribution in [-0.4, -0.2) is 25.7 Å². The molecule has 0 aliphatic rings. The smallest absolute Gasteiger partial charge is 0.333 e. The summed E-state index contributed by atoms with van der Waals surface area (Å²) in [7, 11) is 1.36. The Hall–Kier alpha value is -1.58. The van der Waals surface area contributed by atoms with Gasteiger partial charge in [-0.25, -0.2) is 9.59 Å². The number of hydrogen-bond donors (Lipinski definition) is 0. The quantitative estimate of drug-likeness (QED) is 0.421. The summed E-state index contributed by atoms with van der Waals surface area (Å²) in [6, 6.07) is 0. The first kappa shape index (κ1) is 21.7. The molecule has 4 nitrogen and oxygen atoms in total. The average molecular weight is 298 g/mol. The van der Waals surface area contributed by atoms with E-state index in [0.717, 1.165) is 19.3 Å². The molecule has 21 heavy (non-hydrogen) atoms.